The van der Waals surface area contributed by atoms with Crippen LogP contribution in [0.5, 0.6) is 5.75 Å². The first-order chi connectivity index (χ1) is 7.39. The number of alkyl halides is 3. The van der Waals surface area contributed by atoms with Crippen molar-refractivity contribution in [3.8, 4) is 5.75 Å². The predicted octanol–water partition coefficient (Wildman–Crippen LogP) is 1.54. The first kappa shape index (κ1) is 13.5. The van der Waals surface area contributed by atoms with Crippen molar-refractivity contribution < 1.29 is 23.0 Å². The summed E-state index contributed by atoms with van der Waals surface area (Å²) in [5.74, 6) is -0.518. The largest absolute Gasteiger partial charge is 0.573 e. The van der Waals surface area contributed by atoms with E-state index >= 15 is 0 Å². The van der Waals surface area contributed by atoms with E-state index in [9.17, 15) is 13.2 Å². The van der Waals surface area contributed by atoms with Crippen molar-refractivity contribution >= 4 is 22.6 Å². The number of aliphatic hydroxyl groups excluding tert-OH is 1. The molecule has 0 atom stereocenters. The van der Waals surface area contributed by atoms with Gasteiger partial charge in [0.25, 0.3) is 0 Å². The van der Waals surface area contributed by atoms with Gasteiger partial charge in [-0.05, 0) is 22.6 Å². The molecule has 8 heteroatoms. The molecule has 0 saturated heterocycles. The molecule has 0 aromatic carbocycles. The minimum Gasteiger partial charge on any atom is -0.404 e. The topological polar surface area (TPSA) is 68.4 Å². The maximum absolute atomic E-state index is 12.0. The predicted molar refractivity (Wildman–Crippen MR) is 57.5 cm³/mol. The zero-order valence-corrected chi connectivity index (χ0v) is 10.0. The quantitative estimate of drug-likeness (QED) is 0.642. The van der Waals surface area contributed by atoms with Crippen molar-refractivity contribution in [3.05, 3.63) is 21.0 Å². The molecule has 1 heterocycles. The highest BCUT2D eigenvalue weighted by atomic mass is 127. The molecule has 0 fully saturated rings. The summed E-state index contributed by atoms with van der Waals surface area (Å²) in [5, 5.41) is 9.02. The number of aromatic nitrogens is 1. The van der Waals surface area contributed by atoms with Gasteiger partial charge in [-0.25, -0.2) is 4.98 Å². The first-order valence-corrected chi connectivity index (χ1v) is 5.19. The van der Waals surface area contributed by atoms with Crippen LogP contribution in [0.25, 0.3) is 0 Å². The van der Waals surface area contributed by atoms with Crippen LogP contribution in [0.3, 0.4) is 0 Å². The van der Waals surface area contributed by atoms with Gasteiger partial charge in [-0.15, -0.1) is 13.2 Å². The lowest BCUT2D eigenvalue weighted by Gasteiger charge is -2.15. The zero-order valence-electron chi connectivity index (χ0n) is 7.88. The Bertz CT molecular complexity index is 384. The van der Waals surface area contributed by atoms with Gasteiger partial charge in [-0.1, -0.05) is 0 Å². The van der Waals surface area contributed by atoms with E-state index in [1.165, 1.54) is 0 Å². The molecule has 90 valence electrons. The average molecular weight is 348 g/mol. The normalized spacial score (nSPS) is 11.6. The fraction of sp³-hybridized carbons (Fsp3) is 0.375. The zero-order chi connectivity index (χ0) is 12.3. The van der Waals surface area contributed by atoms with Crippen LogP contribution in [0.15, 0.2) is 6.20 Å². The number of rotatable bonds is 3. The number of hydrogen-bond acceptors (Lipinski definition) is 4. The van der Waals surface area contributed by atoms with Crippen LogP contribution in [0.2, 0.25) is 0 Å². The van der Waals surface area contributed by atoms with Crippen LogP contribution < -0.4 is 10.5 Å². The molecular formula is C8H8F3IN2O2. The second-order valence-corrected chi connectivity index (χ2v) is 3.80. The lowest BCUT2D eigenvalue weighted by atomic mass is 10.1. The van der Waals surface area contributed by atoms with Crippen molar-refractivity contribution in [2.45, 2.75) is 19.5 Å². The third-order valence-corrected chi connectivity index (χ3v) is 2.72. The van der Waals surface area contributed by atoms with Gasteiger partial charge in [0.15, 0.2) is 5.75 Å². The number of nitrogens with two attached hydrogens (primary N) is 1. The monoisotopic (exact) mass is 348 g/mol. The van der Waals surface area contributed by atoms with Crippen molar-refractivity contribution in [2.75, 3.05) is 0 Å². The van der Waals surface area contributed by atoms with Gasteiger partial charge in [-0.3, -0.25) is 0 Å². The molecule has 1 aromatic rings. The van der Waals surface area contributed by atoms with Crippen LogP contribution in [0, 0.1) is 3.70 Å². The standard InChI is InChI=1S/C8H8F3IN2O2/c9-8(10,11)16-6-2-14-7(12)4(1-13)5(6)3-15/h2,15H,1,3,13H2. The van der Waals surface area contributed by atoms with Gasteiger partial charge in [0, 0.05) is 17.7 Å². The van der Waals surface area contributed by atoms with Crippen LogP contribution in [0.1, 0.15) is 11.1 Å². The summed E-state index contributed by atoms with van der Waals surface area (Å²) < 4.78 is 40.3. The van der Waals surface area contributed by atoms with E-state index in [1.54, 1.807) is 0 Å². The van der Waals surface area contributed by atoms with Gasteiger partial charge in [-0.2, -0.15) is 0 Å². The third kappa shape index (κ3) is 3.19. The number of aliphatic hydroxyl groups is 1. The maximum Gasteiger partial charge on any atom is 0.573 e. The molecule has 3 N–H and O–H groups in total. The summed E-state index contributed by atoms with van der Waals surface area (Å²) >= 11 is 1.82. The van der Waals surface area contributed by atoms with Gasteiger partial charge in [0.05, 0.1) is 12.8 Å². The second kappa shape index (κ2) is 5.15. The van der Waals surface area contributed by atoms with E-state index in [0.29, 0.717) is 9.26 Å². The van der Waals surface area contributed by atoms with Crippen molar-refractivity contribution in [1.29, 1.82) is 0 Å². The average Bonchev–Trinajstić information content (AvgIpc) is 2.18. The Hall–Kier alpha value is -0.610. The summed E-state index contributed by atoms with van der Waals surface area (Å²) in [6.45, 7) is -0.604. The van der Waals surface area contributed by atoms with Gasteiger partial charge < -0.3 is 15.6 Å². The molecule has 0 bridgehead atoms. The fourth-order valence-electron chi connectivity index (χ4n) is 1.14. The van der Waals surface area contributed by atoms with E-state index in [1.807, 2.05) is 22.6 Å². The Morgan fingerprint density at radius 2 is 2.06 bits per heavy atom. The number of ether oxygens (including phenoxy) is 1. The summed E-state index contributed by atoms with van der Waals surface area (Å²) in [6.07, 6.45) is -3.90. The molecule has 0 aliphatic carbocycles. The summed E-state index contributed by atoms with van der Waals surface area (Å²) in [5.41, 5.74) is 5.73. The Morgan fingerprint density at radius 3 is 2.50 bits per heavy atom. The number of halogens is 4. The van der Waals surface area contributed by atoms with Crippen LogP contribution >= 0.6 is 22.6 Å². The highest BCUT2D eigenvalue weighted by molar-refractivity contribution is 14.1. The SMILES string of the molecule is NCc1c(I)ncc(OC(F)(F)F)c1CO. The van der Waals surface area contributed by atoms with Crippen molar-refractivity contribution in [2.24, 2.45) is 5.73 Å². The van der Waals surface area contributed by atoms with Crippen LogP contribution in [0.4, 0.5) is 13.2 Å². The van der Waals surface area contributed by atoms with E-state index in [0.717, 1.165) is 6.20 Å². The van der Waals surface area contributed by atoms with E-state index in [-0.39, 0.29) is 12.1 Å². The highest BCUT2D eigenvalue weighted by Gasteiger charge is 2.32. The minimum atomic E-state index is -4.82. The molecule has 0 aliphatic heterocycles. The molecule has 16 heavy (non-hydrogen) atoms. The molecule has 0 saturated carbocycles. The van der Waals surface area contributed by atoms with Crippen LogP contribution in [-0.2, 0) is 13.2 Å². The molecule has 1 aromatic heterocycles. The summed E-state index contributed by atoms with van der Waals surface area (Å²) in [4.78, 5) is 3.71. The highest BCUT2D eigenvalue weighted by Crippen LogP contribution is 2.29. The fourth-order valence-corrected chi connectivity index (χ4v) is 1.82. The Balaban J connectivity index is 3.19. The smallest absolute Gasteiger partial charge is 0.404 e. The second-order valence-electron chi connectivity index (χ2n) is 2.78. The maximum atomic E-state index is 12.0. The van der Waals surface area contributed by atoms with Gasteiger partial charge in [0.1, 0.15) is 3.70 Å². The molecule has 0 spiro atoms. The molecule has 0 amide bonds. The van der Waals surface area contributed by atoms with E-state index in [4.69, 9.17) is 10.8 Å². The molecule has 0 unspecified atom stereocenters. The number of nitrogens with zero attached hydrogens (tertiary/aromatic N) is 1. The Morgan fingerprint density at radius 1 is 1.44 bits per heavy atom. The first-order valence-electron chi connectivity index (χ1n) is 4.12. The third-order valence-electron chi connectivity index (χ3n) is 1.79. The minimum absolute atomic E-state index is 0.0132. The molecule has 1 rings (SSSR count). The molecule has 0 radical (unpaired) electrons. The van der Waals surface area contributed by atoms with E-state index < -0.39 is 18.7 Å². The lowest BCUT2D eigenvalue weighted by Crippen LogP contribution is -2.19. The number of pyridine rings is 1. The Kier molecular flexibility index (Phi) is 4.33. The summed E-state index contributed by atoms with van der Waals surface area (Å²) in [6, 6.07) is 0. The lowest BCUT2D eigenvalue weighted by molar-refractivity contribution is -0.275. The molecule has 4 nitrogen and oxygen atoms in total. The van der Waals surface area contributed by atoms with Crippen molar-refractivity contribution in [1.82, 2.24) is 4.98 Å². The molecular weight excluding hydrogens is 340 g/mol. The van der Waals surface area contributed by atoms with Crippen LogP contribution in [-0.4, -0.2) is 16.5 Å². The van der Waals surface area contributed by atoms with Gasteiger partial charge in [0.2, 0.25) is 0 Å². The van der Waals surface area contributed by atoms with Crippen molar-refractivity contribution in [3.63, 3.8) is 0 Å². The van der Waals surface area contributed by atoms with Gasteiger partial charge >= 0.3 is 6.36 Å². The van der Waals surface area contributed by atoms with E-state index in [2.05, 4.69) is 9.72 Å². The molecule has 0 aliphatic rings. The Labute approximate surface area is 103 Å². The summed E-state index contributed by atoms with van der Waals surface area (Å²) in [7, 11) is 0. The number of hydrogen-bond donors (Lipinski definition) is 2.